The predicted octanol–water partition coefficient (Wildman–Crippen LogP) is 1.77. The van der Waals surface area contributed by atoms with E-state index in [9.17, 15) is 4.79 Å². The fraction of sp³-hybridized carbons (Fsp3) is 0.750. The Labute approximate surface area is 97.6 Å². The summed E-state index contributed by atoms with van der Waals surface area (Å²) in [6, 6.07) is 0.204. The zero-order valence-electron chi connectivity index (χ0n) is 10.5. The summed E-state index contributed by atoms with van der Waals surface area (Å²) in [6.07, 6.45) is 2.54. The Kier molecular flexibility index (Phi) is 4.35. The molecular weight excluding hydrogens is 204 g/mol. The van der Waals surface area contributed by atoms with Crippen molar-refractivity contribution in [2.45, 2.75) is 38.8 Å². The summed E-state index contributed by atoms with van der Waals surface area (Å²) < 4.78 is 5.21. The third kappa shape index (κ3) is 4.66. The number of carbonyl (C=O) groups excluding carboxylic acids is 1. The summed E-state index contributed by atoms with van der Waals surface area (Å²) in [5.41, 5.74) is -0.427. The van der Waals surface area contributed by atoms with Crippen LogP contribution < -0.4 is 5.32 Å². The van der Waals surface area contributed by atoms with Gasteiger partial charge in [-0.3, -0.25) is 4.90 Å². The molecule has 0 aromatic carbocycles. The van der Waals surface area contributed by atoms with E-state index < -0.39 is 5.60 Å². The fourth-order valence-corrected chi connectivity index (χ4v) is 1.77. The fourth-order valence-electron chi connectivity index (χ4n) is 1.77. The van der Waals surface area contributed by atoms with Crippen molar-refractivity contribution in [1.29, 1.82) is 0 Å². The Morgan fingerprint density at radius 3 is 2.88 bits per heavy atom. The van der Waals surface area contributed by atoms with Gasteiger partial charge in [0.25, 0.3) is 0 Å². The van der Waals surface area contributed by atoms with Crippen LogP contribution in [-0.2, 0) is 4.74 Å². The zero-order valence-corrected chi connectivity index (χ0v) is 10.5. The Hall–Kier alpha value is -1.03. The third-order valence-corrected chi connectivity index (χ3v) is 2.38. The topological polar surface area (TPSA) is 41.6 Å². The van der Waals surface area contributed by atoms with Gasteiger partial charge in [0, 0.05) is 25.7 Å². The second-order valence-electron chi connectivity index (χ2n) is 5.18. The number of likely N-dealkylation sites (tertiary alicyclic amines) is 1. The molecule has 1 amide bonds. The second-order valence-corrected chi connectivity index (χ2v) is 5.18. The number of hydrogen-bond donors (Lipinski definition) is 1. The normalized spacial score (nSPS) is 21.8. The summed E-state index contributed by atoms with van der Waals surface area (Å²) in [5.74, 6) is 0. The van der Waals surface area contributed by atoms with Crippen LogP contribution in [0.4, 0.5) is 4.79 Å². The predicted molar refractivity (Wildman–Crippen MR) is 64.4 cm³/mol. The number of ether oxygens (including phenoxy) is 1. The molecule has 1 aliphatic rings. The van der Waals surface area contributed by atoms with Crippen LogP contribution >= 0.6 is 0 Å². The van der Waals surface area contributed by atoms with E-state index in [2.05, 4.69) is 16.8 Å². The van der Waals surface area contributed by atoms with E-state index in [0.29, 0.717) is 0 Å². The highest BCUT2D eigenvalue weighted by molar-refractivity contribution is 5.68. The van der Waals surface area contributed by atoms with Crippen molar-refractivity contribution in [3.8, 4) is 0 Å². The summed E-state index contributed by atoms with van der Waals surface area (Å²) in [4.78, 5) is 13.8. The maximum atomic E-state index is 11.5. The van der Waals surface area contributed by atoms with Crippen LogP contribution in [0.5, 0.6) is 0 Å². The van der Waals surface area contributed by atoms with Crippen molar-refractivity contribution in [3.05, 3.63) is 12.7 Å². The first-order chi connectivity index (χ1) is 7.40. The molecule has 1 saturated heterocycles. The van der Waals surface area contributed by atoms with Gasteiger partial charge in [-0.1, -0.05) is 6.08 Å². The standard InChI is InChI=1S/C12H22N2O2/c1-5-7-14-8-6-10(9-14)13-11(15)16-12(2,3)4/h5,10H,1,6-9H2,2-4H3,(H,13,15)/t10-/m0/s1. The van der Waals surface area contributed by atoms with Crippen LogP contribution in [0.25, 0.3) is 0 Å². The summed E-state index contributed by atoms with van der Waals surface area (Å²) >= 11 is 0. The van der Waals surface area contributed by atoms with Crippen LogP contribution in [0.2, 0.25) is 0 Å². The molecule has 0 aromatic heterocycles. The number of amides is 1. The molecule has 1 atom stereocenters. The zero-order chi connectivity index (χ0) is 12.2. The first-order valence-corrected chi connectivity index (χ1v) is 5.73. The molecule has 0 saturated carbocycles. The van der Waals surface area contributed by atoms with E-state index in [-0.39, 0.29) is 12.1 Å². The molecule has 16 heavy (non-hydrogen) atoms. The minimum Gasteiger partial charge on any atom is -0.444 e. The number of nitrogens with one attached hydrogen (secondary N) is 1. The Morgan fingerprint density at radius 1 is 1.62 bits per heavy atom. The first-order valence-electron chi connectivity index (χ1n) is 5.73. The first kappa shape index (κ1) is 13.0. The SMILES string of the molecule is C=CCN1CC[C@H](NC(=O)OC(C)(C)C)C1. The number of nitrogens with zero attached hydrogens (tertiary/aromatic N) is 1. The van der Waals surface area contributed by atoms with Gasteiger partial charge < -0.3 is 10.1 Å². The molecule has 0 spiro atoms. The Morgan fingerprint density at radius 2 is 2.31 bits per heavy atom. The molecule has 0 bridgehead atoms. The van der Waals surface area contributed by atoms with Gasteiger partial charge in [-0.2, -0.15) is 0 Å². The summed E-state index contributed by atoms with van der Waals surface area (Å²) in [7, 11) is 0. The van der Waals surface area contributed by atoms with Crippen molar-refractivity contribution in [2.75, 3.05) is 19.6 Å². The average molecular weight is 226 g/mol. The molecule has 1 heterocycles. The number of alkyl carbamates (subject to hydrolysis) is 1. The summed E-state index contributed by atoms with van der Waals surface area (Å²) in [5, 5.41) is 2.89. The number of carbonyl (C=O) groups is 1. The lowest BCUT2D eigenvalue weighted by Crippen LogP contribution is -2.40. The lowest BCUT2D eigenvalue weighted by Gasteiger charge is -2.21. The van der Waals surface area contributed by atoms with Crippen LogP contribution in [0.1, 0.15) is 27.2 Å². The number of rotatable bonds is 3. The molecule has 0 radical (unpaired) electrons. The largest absolute Gasteiger partial charge is 0.444 e. The van der Waals surface area contributed by atoms with Crippen LogP contribution in [-0.4, -0.2) is 42.3 Å². The van der Waals surface area contributed by atoms with Crippen LogP contribution in [0.3, 0.4) is 0 Å². The van der Waals surface area contributed by atoms with Gasteiger partial charge in [0.2, 0.25) is 0 Å². The van der Waals surface area contributed by atoms with Crippen LogP contribution in [0, 0.1) is 0 Å². The van der Waals surface area contributed by atoms with Crippen molar-refractivity contribution in [2.24, 2.45) is 0 Å². The van der Waals surface area contributed by atoms with Gasteiger partial charge >= 0.3 is 6.09 Å². The van der Waals surface area contributed by atoms with E-state index in [4.69, 9.17) is 4.74 Å². The monoisotopic (exact) mass is 226 g/mol. The van der Waals surface area contributed by atoms with Crippen LogP contribution in [0.15, 0.2) is 12.7 Å². The Bertz CT molecular complexity index is 258. The summed E-state index contributed by atoms with van der Waals surface area (Å²) in [6.45, 7) is 12.1. The highest BCUT2D eigenvalue weighted by Crippen LogP contribution is 2.11. The van der Waals surface area contributed by atoms with E-state index in [1.54, 1.807) is 0 Å². The van der Waals surface area contributed by atoms with Crippen molar-refractivity contribution >= 4 is 6.09 Å². The van der Waals surface area contributed by atoms with Gasteiger partial charge in [-0.15, -0.1) is 6.58 Å². The molecule has 0 aromatic rings. The lowest BCUT2D eigenvalue weighted by atomic mass is 10.2. The molecule has 1 aliphatic heterocycles. The molecule has 1 fully saturated rings. The van der Waals surface area contributed by atoms with E-state index in [1.165, 1.54) is 0 Å². The lowest BCUT2D eigenvalue weighted by molar-refractivity contribution is 0.0506. The molecule has 0 aliphatic carbocycles. The van der Waals surface area contributed by atoms with Crippen molar-refractivity contribution in [1.82, 2.24) is 10.2 Å². The minimum atomic E-state index is -0.427. The highest BCUT2D eigenvalue weighted by Gasteiger charge is 2.25. The third-order valence-electron chi connectivity index (χ3n) is 2.38. The molecule has 4 nitrogen and oxygen atoms in total. The van der Waals surface area contributed by atoms with Crippen molar-refractivity contribution < 1.29 is 9.53 Å². The van der Waals surface area contributed by atoms with E-state index in [0.717, 1.165) is 26.1 Å². The highest BCUT2D eigenvalue weighted by atomic mass is 16.6. The van der Waals surface area contributed by atoms with Gasteiger partial charge in [0.1, 0.15) is 5.60 Å². The van der Waals surface area contributed by atoms with Gasteiger partial charge in [0.15, 0.2) is 0 Å². The molecule has 1 N–H and O–H groups in total. The quantitative estimate of drug-likeness (QED) is 0.746. The average Bonchev–Trinajstić information content (AvgIpc) is 2.49. The van der Waals surface area contributed by atoms with E-state index >= 15 is 0 Å². The maximum Gasteiger partial charge on any atom is 0.407 e. The Balaban J connectivity index is 2.28. The van der Waals surface area contributed by atoms with Crippen molar-refractivity contribution in [3.63, 3.8) is 0 Å². The molecule has 92 valence electrons. The van der Waals surface area contributed by atoms with E-state index in [1.807, 2.05) is 26.8 Å². The molecule has 0 unspecified atom stereocenters. The van der Waals surface area contributed by atoms with Gasteiger partial charge in [-0.25, -0.2) is 4.79 Å². The minimum absolute atomic E-state index is 0.204. The van der Waals surface area contributed by atoms with Gasteiger partial charge in [0.05, 0.1) is 0 Å². The maximum absolute atomic E-state index is 11.5. The second kappa shape index (κ2) is 5.34. The molecular formula is C12H22N2O2. The molecule has 1 rings (SSSR count). The van der Waals surface area contributed by atoms with Gasteiger partial charge in [-0.05, 0) is 27.2 Å². The number of hydrogen-bond acceptors (Lipinski definition) is 3. The molecule has 4 heteroatoms. The smallest absolute Gasteiger partial charge is 0.407 e.